The van der Waals surface area contributed by atoms with Crippen molar-refractivity contribution in [3.05, 3.63) is 48.7 Å². The molecule has 1 saturated carbocycles. The first-order chi connectivity index (χ1) is 19.2. The van der Waals surface area contributed by atoms with Crippen molar-refractivity contribution < 1.29 is 22.7 Å². The second-order valence-corrected chi connectivity index (χ2v) is 11.7. The number of anilines is 2. The highest BCUT2D eigenvalue weighted by Crippen LogP contribution is 2.37. The van der Waals surface area contributed by atoms with Gasteiger partial charge < -0.3 is 15.0 Å². The van der Waals surface area contributed by atoms with Crippen LogP contribution in [-0.4, -0.2) is 75.0 Å². The third kappa shape index (κ3) is 5.86. The number of carbonyl (C=O) groups is 2. The predicted molar refractivity (Wildman–Crippen MR) is 146 cm³/mol. The largest absolute Gasteiger partial charge is 0.477 e. The number of hydrogen-bond acceptors (Lipinski definition) is 10. The summed E-state index contributed by atoms with van der Waals surface area (Å²) in [6.07, 6.45) is 7.92. The average Bonchev–Trinajstić information content (AvgIpc) is 3.80. The normalized spacial score (nSPS) is 16.7. The summed E-state index contributed by atoms with van der Waals surface area (Å²) in [5, 5.41) is 2.44. The van der Waals surface area contributed by atoms with Crippen LogP contribution < -0.4 is 14.8 Å². The summed E-state index contributed by atoms with van der Waals surface area (Å²) in [4.78, 5) is 49.0. The van der Waals surface area contributed by atoms with E-state index in [2.05, 4.69) is 35.0 Å². The number of nitrogens with one attached hydrogen (secondary N) is 2. The maximum absolute atomic E-state index is 13.9. The van der Waals surface area contributed by atoms with Gasteiger partial charge in [-0.2, -0.15) is 0 Å². The van der Waals surface area contributed by atoms with E-state index in [9.17, 15) is 18.0 Å². The maximum Gasteiger partial charge on any atom is 0.237 e. The fraction of sp³-hybridized carbons (Fsp3) is 0.423. The third-order valence-electron chi connectivity index (χ3n) is 7.05. The Hall–Kier alpha value is -4.20. The molecule has 210 valence electrons. The minimum atomic E-state index is -3.59. The van der Waals surface area contributed by atoms with Crippen molar-refractivity contribution in [3.63, 3.8) is 0 Å². The standard InChI is InChI=1S/C26H30N8O5S/c1-3-39-23-16-27-15-20(30-23)18-4-7-22(29-14-18)32-24(36)26(9-12-34(13-10-26)17(2)35)21-8-11-28-25(31-21)33-40(37,38)19-5-6-19/h4,7-8,11,14-16,19H,3,5-6,9-10,12-13H2,1-2H3,(H,28,31,33)(H,29,32,36). The molecule has 1 saturated heterocycles. The lowest BCUT2D eigenvalue weighted by Crippen LogP contribution is -2.51. The topological polar surface area (TPSA) is 169 Å². The first-order valence-corrected chi connectivity index (χ1v) is 14.6. The lowest BCUT2D eigenvalue weighted by atomic mass is 9.74. The molecule has 1 aliphatic carbocycles. The number of rotatable bonds is 9. The van der Waals surface area contributed by atoms with Crippen LogP contribution >= 0.6 is 0 Å². The van der Waals surface area contributed by atoms with Crippen LogP contribution in [0.2, 0.25) is 0 Å². The zero-order valence-corrected chi connectivity index (χ0v) is 23.0. The molecule has 0 unspecified atom stereocenters. The number of amides is 2. The van der Waals surface area contributed by atoms with Gasteiger partial charge in [-0.15, -0.1) is 0 Å². The summed E-state index contributed by atoms with van der Waals surface area (Å²) >= 11 is 0. The van der Waals surface area contributed by atoms with Gasteiger partial charge in [-0.1, -0.05) is 0 Å². The Labute approximate surface area is 231 Å². The second-order valence-electron chi connectivity index (χ2n) is 9.76. The Bertz CT molecular complexity index is 1500. The molecular weight excluding hydrogens is 536 g/mol. The van der Waals surface area contributed by atoms with E-state index in [-0.39, 0.29) is 17.8 Å². The first kappa shape index (κ1) is 27.4. The molecule has 13 nitrogen and oxygen atoms in total. The van der Waals surface area contributed by atoms with Gasteiger partial charge in [-0.05, 0) is 50.8 Å². The summed E-state index contributed by atoms with van der Waals surface area (Å²) in [7, 11) is -3.59. The number of aromatic nitrogens is 5. The van der Waals surface area contributed by atoms with Crippen LogP contribution in [0.4, 0.5) is 11.8 Å². The molecule has 0 radical (unpaired) electrons. The molecule has 14 heteroatoms. The number of hydrogen-bond donors (Lipinski definition) is 2. The summed E-state index contributed by atoms with van der Waals surface area (Å²) in [5.74, 6) is 0.204. The molecule has 0 bridgehead atoms. The van der Waals surface area contributed by atoms with Gasteiger partial charge in [0.25, 0.3) is 0 Å². The van der Waals surface area contributed by atoms with Crippen LogP contribution in [0.5, 0.6) is 5.88 Å². The Balaban J connectivity index is 1.39. The summed E-state index contributed by atoms with van der Waals surface area (Å²) in [6, 6.07) is 5.04. The fourth-order valence-corrected chi connectivity index (χ4v) is 5.90. The average molecular weight is 567 g/mol. The maximum atomic E-state index is 13.9. The Morgan fingerprint density at radius 1 is 1.07 bits per heavy atom. The van der Waals surface area contributed by atoms with Gasteiger partial charge in [0, 0.05) is 38.0 Å². The van der Waals surface area contributed by atoms with Crippen molar-refractivity contribution in [1.29, 1.82) is 0 Å². The number of carbonyl (C=O) groups excluding carboxylic acids is 2. The van der Waals surface area contributed by atoms with E-state index in [0.717, 1.165) is 0 Å². The highest BCUT2D eigenvalue weighted by molar-refractivity contribution is 7.93. The molecule has 4 heterocycles. The van der Waals surface area contributed by atoms with Crippen molar-refractivity contribution in [1.82, 2.24) is 29.8 Å². The molecule has 0 spiro atoms. The number of pyridine rings is 1. The van der Waals surface area contributed by atoms with Gasteiger partial charge in [-0.3, -0.25) is 19.3 Å². The molecule has 3 aromatic heterocycles. The summed E-state index contributed by atoms with van der Waals surface area (Å²) < 4.78 is 32.8. The van der Waals surface area contributed by atoms with Crippen LogP contribution in [0.1, 0.15) is 45.2 Å². The smallest absolute Gasteiger partial charge is 0.237 e. The minimum absolute atomic E-state index is 0.0801. The van der Waals surface area contributed by atoms with Crippen molar-refractivity contribution in [2.45, 2.75) is 50.2 Å². The Morgan fingerprint density at radius 3 is 2.50 bits per heavy atom. The van der Waals surface area contributed by atoms with E-state index in [1.807, 2.05) is 6.92 Å². The zero-order chi connectivity index (χ0) is 28.3. The molecule has 3 aromatic rings. The molecule has 2 fully saturated rings. The first-order valence-electron chi connectivity index (χ1n) is 13.0. The van der Waals surface area contributed by atoms with E-state index in [0.29, 0.717) is 74.0 Å². The zero-order valence-electron chi connectivity index (χ0n) is 22.2. The van der Waals surface area contributed by atoms with Crippen molar-refractivity contribution in [3.8, 4) is 17.1 Å². The monoisotopic (exact) mass is 566 g/mol. The SMILES string of the molecule is CCOc1cncc(-c2ccc(NC(=O)C3(c4ccnc(NS(=O)(=O)C5CC5)n4)CCN(C(C)=O)CC3)nc2)n1. The van der Waals surface area contributed by atoms with Crippen LogP contribution in [0.3, 0.4) is 0 Å². The van der Waals surface area contributed by atoms with Crippen LogP contribution in [0, 0.1) is 0 Å². The van der Waals surface area contributed by atoms with Gasteiger partial charge in [0.2, 0.25) is 33.7 Å². The van der Waals surface area contributed by atoms with Gasteiger partial charge in [-0.25, -0.2) is 28.4 Å². The van der Waals surface area contributed by atoms with Crippen LogP contribution in [0.25, 0.3) is 11.3 Å². The fourth-order valence-electron chi connectivity index (χ4n) is 4.63. The highest BCUT2D eigenvalue weighted by atomic mass is 32.2. The quantitative estimate of drug-likeness (QED) is 0.391. The van der Waals surface area contributed by atoms with Crippen LogP contribution in [-0.2, 0) is 25.0 Å². The Kier molecular flexibility index (Phi) is 7.61. The van der Waals surface area contributed by atoms with Gasteiger partial charge in [0.1, 0.15) is 5.82 Å². The molecule has 2 amide bonds. The summed E-state index contributed by atoms with van der Waals surface area (Å²) in [5.41, 5.74) is 0.509. The predicted octanol–water partition coefficient (Wildman–Crippen LogP) is 2.15. The van der Waals surface area contributed by atoms with Crippen molar-refractivity contribution in [2.75, 3.05) is 29.7 Å². The highest BCUT2D eigenvalue weighted by Gasteiger charge is 2.45. The number of ether oxygens (including phenoxy) is 1. The van der Waals surface area contributed by atoms with Crippen LogP contribution in [0.15, 0.2) is 43.0 Å². The number of likely N-dealkylation sites (tertiary alicyclic amines) is 1. The van der Waals surface area contributed by atoms with Gasteiger partial charge >= 0.3 is 0 Å². The van der Waals surface area contributed by atoms with Gasteiger partial charge in [0.05, 0.1) is 41.1 Å². The molecule has 2 aliphatic rings. The lowest BCUT2D eigenvalue weighted by Gasteiger charge is -2.39. The third-order valence-corrected chi connectivity index (χ3v) is 8.86. The minimum Gasteiger partial charge on any atom is -0.477 e. The van der Waals surface area contributed by atoms with E-state index in [4.69, 9.17) is 4.74 Å². The Morgan fingerprint density at radius 2 is 1.85 bits per heavy atom. The molecule has 1 aliphatic heterocycles. The number of piperidine rings is 1. The number of nitrogens with zero attached hydrogens (tertiary/aromatic N) is 6. The molecule has 40 heavy (non-hydrogen) atoms. The lowest BCUT2D eigenvalue weighted by molar-refractivity contribution is -0.133. The number of sulfonamides is 1. The molecule has 2 N–H and O–H groups in total. The molecule has 0 aromatic carbocycles. The summed E-state index contributed by atoms with van der Waals surface area (Å²) in [6.45, 7) is 4.50. The molecule has 5 rings (SSSR count). The van der Waals surface area contributed by atoms with E-state index in [1.165, 1.54) is 19.3 Å². The molecule has 0 atom stereocenters. The van der Waals surface area contributed by atoms with E-state index < -0.39 is 20.7 Å². The molecular formula is C26H30N8O5S. The van der Waals surface area contributed by atoms with Gasteiger partial charge in [0.15, 0.2) is 0 Å². The van der Waals surface area contributed by atoms with E-state index >= 15 is 0 Å². The second kappa shape index (κ2) is 11.1. The van der Waals surface area contributed by atoms with Crippen molar-refractivity contribution in [2.24, 2.45) is 0 Å². The van der Waals surface area contributed by atoms with E-state index in [1.54, 1.807) is 35.5 Å². The van der Waals surface area contributed by atoms with Crippen molar-refractivity contribution >= 4 is 33.6 Å².